The Morgan fingerprint density at radius 2 is 1.66 bits per heavy atom. The number of carbonyl (C=O) groups excluding carboxylic acids is 2. The van der Waals surface area contributed by atoms with Crippen LogP contribution in [-0.4, -0.2) is 29.5 Å². The zero-order valence-electron chi connectivity index (χ0n) is 19.2. The van der Waals surface area contributed by atoms with Gasteiger partial charge in [0.25, 0.3) is 0 Å². The van der Waals surface area contributed by atoms with E-state index in [0.717, 1.165) is 29.3 Å². The molecule has 3 amide bonds. The van der Waals surface area contributed by atoms with Crippen molar-refractivity contribution in [3.05, 3.63) is 102 Å². The van der Waals surface area contributed by atoms with Crippen molar-refractivity contribution in [2.45, 2.75) is 30.7 Å². The van der Waals surface area contributed by atoms with E-state index in [1.54, 1.807) is 0 Å². The molecule has 1 heterocycles. The van der Waals surface area contributed by atoms with E-state index in [2.05, 4.69) is 33.1 Å². The van der Waals surface area contributed by atoms with Gasteiger partial charge in [0, 0.05) is 41.2 Å². The summed E-state index contributed by atoms with van der Waals surface area (Å²) in [5, 5.41) is 9.58. The number of hydrogen-bond donors (Lipinski definition) is 4. The molecule has 5 rings (SSSR count). The van der Waals surface area contributed by atoms with Gasteiger partial charge in [0.2, 0.25) is 5.91 Å². The summed E-state index contributed by atoms with van der Waals surface area (Å²) in [4.78, 5) is 29.3. The molecule has 6 nitrogen and oxygen atoms in total. The van der Waals surface area contributed by atoms with Crippen LogP contribution in [0.15, 0.2) is 85.1 Å². The molecule has 7 heteroatoms. The molecule has 3 aromatic carbocycles. The Morgan fingerprint density at radius 3 is 2.40 bits per heavy atom. The highest BCUT2D eigenvalue weighted by molar-refractivity contribution is 5.94. The van der Waals surface area contributed by atoms with Crippen molar-refractivity contribution in [3.8, 4) is 0 Å². The lowest BCUT2D eigenvalue weighted by molar-refractivity contribution is -0.123. The maximum Gasteiger partial charge on any atom is 0.319 e. The summed E-state index contributed by atoms with van der Waals surface area (Å²) < 4.78 is 13.2. The number of amides is 3. The maximum atomic E-state index is 13.3. The Balaban J connectivity index is 1.31. The molecule has 35 heavy (non-hydrogen) atoms. The Kier molecular flexibility index (Phi) is 6.23. The van der Waals surface area contributed by atoms with Crippen LogP contribution >= 0.6 is 0 Å². The van der Waals surface area contributed by atoms with Gasteiger partial charge < -0.3 is 20.9 Å². The van der Waals surface area contributed by atoms with Crippen LogP contribution in [0.5, 0.6) is 0 Å². The highest BCUT2D eigenvalue weighted by Crippen LogP contribution is 2.47. The number of nitrogens with one attached hydrogen (secondary N) is 4. The predicted molar refractivity (Wildman–Crippen MR) is 135 cm³/mol. The zero-order chi connectivity index (χ0) is 24.3. The highest BCUT2D eigenvalue weighted by atomic mass is 19.1. The zero-order valence-corrected chi connectivity index (χ0v) is 19.2. The number of para-hydroxylation sites is 1. The fourth-order valence-corrected chi connectivity index (χ4v) is 4.48. The summed E-state index contributed by atoms with van der Waals surface area (Å²) >= 11 is 0. The second-order valence-electron chi connectivity index (χ2n) is 9.09. The SMILES string of the molecule is O=C(Nc1ccc(F)cc1)N[C@H](Cc1c[nH]c2ccccc12)C(=O)NCC1(c2ccccc2)CC1. The summed E-state index contributed by atoms with van der Waals surface area (Å²) in [7, 11) is 0. The number of rotatable bonds is 8. The van der Waals surface area contributed by atoms with Crippen LogP contribution in [0.25, 0.3) is 10.9 Å². The van der Waals surface area contributed by atoms with E-state index in [9.17, 15) is 14.0 Å². The minimum absolute atomic E-state index is 0.0430. The molecule has 1 atom stereocenters. The molecular weight excluding hydrogens is 443 g/mol. The van der Waals surface area contributed by atoms with Crippen molar-refractivity contribution >= 4 is 28.5 Å². The first kappa shape index (κ1) is 22.7. The van der Waals surface area contributed by atoms with Gasteiger partial charge in [-0.05, 0) is 54.3 Å². The maximum absolute atomic E-state index is 13.3. The predicted octanol–water partition coefficient (Wildman–Crippen LogP) is 4.89. The molecule has 0 aliphatic heterocycles. The molecule has 1 aliphatic rings. The van der Waals surface area contributed by atoms with E-state index in [-0.39, 0.29) is 17.1 Å². The third-order valence-electron chi connectivity index (χ3n) is 6.66. The van der Waals surface area contributed by atoms with Crippen LogP contribution in [0, 0.1) is 5.82 Å². The van der Waals surface area contributed by atoms with E-state index >= 15 is 0 Å². The van der Waals surface area contributed by atoms with Gasteiger partial charge in [-0.1, -0.05) is 48.5 Å². The Bertz CT molecular complexity index is 1330. The summed E-state index contributed by atoms with van der Waals surface area (Å²) in [5.41, 5.74) is 3.52. The monoisotopic (exact) mass is 470 g/mol. The van der Waals surface area contributed by atoms with Crippen LogP contribution in [0.1, 0.15) is 24.0 Å². The Hall–Kier alpha value is -4.13. The van der Waals surface area contributed by atoms with Crippen molar-refractivity contribution in [3.63, 3.8) is 0 Å². The number of H-pyrrole nitrogens is 1. The molecule has 1 aliphatic carbocycles. The number of urea groups is 1. The molecule has 0 unspecified atom stereocenters. The number of anilines is 1. The van der Waals surface area contributed by atoms with Crippen LogP contribution in [-0.2, 0) is 16.6 Å². The Morgan fingerprint density at radius 1 is 0.943 bits per heavy atom. The number of halogens is 1. The highest BCUT2D eigenvalue weighted by Gasteiger charge is 2.44. The average Bonchev–Trinajstić information content (AvgIpc) is 3.58. The van der Waals surface area contributed by atoms with Gasteiger partial charge in [-0.25, -0.2) is 9.18 Å². The molecule has 0 radical (unpaired) electrons. The van der Waals surface area contributed by atoms with E-state index in [1.165, 1.54) is 29.8 Å². The summed E-state index contributed by atoms with van der Waals surface area (Å²) in [6.07, 6.45) is 4.23. The first-order valence-corrected chi connectivity index (χ1v) is 11.7. The van der Waals surface area contributed by atoms with Crippen molar-refractivity contribution in [1.29, 1.82) is 0 Å². The summed E-state index contributed by atoms with van der Waals surface area (Å²) in [5.74, 6) is -0.633. The fourth-order valence-electron chi connectivity index (χ4n) is 4.48. The van der Waals surface area contributed by atoms with Gasteiger partial charge in [0.15, 0.2) is 0 Å². The standard InChI is InChI=1S/C28H27FN4O2/c29-21-10-12-22(13-11-21)32-27(35)33-25(16-19-17-30-24-9-5-4-8-23(19)24)26(34)31-18-28(14-15-28)20-6-2-1-3-7-20/h1-13,17,25,30H,14-16,18H2,(H,31,34)(H2,32,33,35)/t25-/m1/s1. The molecule has 4 N–H and O–H groups in total. The minimum atomic E-state index is -0.791. The number of hydrogen-bond acceptors (Lipinski definition) is 2. The topological polar surface area (TPSA) is 86.0 Å². The lowest BCUT2D eigenvalue weighted by Gasteiger charge is -2.22. The third kappa shape index (κ3) is 5.19. The second-order valence-corrected chi connectivity index (χ2v) is 9.09. The molecule has 1 aromatic heterocycles. The average molecular weight is 471 g/mol. The molecule has 0 saturated heterocycles. The van der Waals surface area contributed by atoms with Crippen molar-refractivity contribution in [2.75, 3.05) is 11.9 Å². The number of benzene rings is 3. The summed E-state index contributed by atoms with van der Waals surface area (Å²) in [6.45, 7) is 0.515. The lowest BCUT2D eigenvalue weighted by Crippen LogP contribution is -2.50. The first-order valence-electron chi connectivity index (χ1n) is 11.7. The van der Waals surface area contributed by atoms with Gasteiger partial charge in [0.1, 0.15) is 11.9 Å². The molecule has 1 fully saturated rings. The number of aromatic nitrogens is 1. The van der Waals surface area contributed by atoms with Crippen molar-refractivity contribution < 1.29 is 14.0 Å². The van der Waals surface area contributed by atoms with Gasteiger partial charge in [-0.2, -0.15) is 0 Å². The third-order valence-corrected chi connectivity index (χ3v) is 6.66. The Labute approximate surface area is 202 Å². The van der Waals surface area contributed by atoms with Crippen molar-refractivity contribution in [2.24, 2.45) is 0 Å². The summed E-state index contributed by atoms with van der Waals surface area (Å²) in [6, 6.07) is 22.2. The molecule has 1 saturated carbocycles. The molecular formula is C28H27FN4O2. The van der Waals surface area contributed by atoms with Gasteiger partial charge in [-0.15, -0.1) is 0 Å². The molecule has 0 spiro atoms. The minimum Gasteiger partial charge on any atom is -0.361 e. The van der Waals surface area contributed by atoms with E-state index in [1.807, 2.05) is 48.7 Å². The van der Waals surface area contributed by atoms with E-state index in [4.69, 9.17) is 0 Å². The van der Waals surface area contributed by atoms with Gasteiger partial charge >= 0.3 is 6.03 Å². The number of fused-ring (bicyclic) bond motifs is 1. The quantitative estimate of drug-likeness (QED) is 0.296. The van der Waals surface area contributed by atoms with Crippen molar-refractivity contribution in [1.82, 2.24) is 15.6 Å². The lowest BCUT2D eigenvalue weighted by atomic mass is 9.95. The van der Waals surface area contributed by atoms with Crippen LogP contribution < -0.4 is 16.0 Å². The van der Waals surface area contributed by atoms with Gasteiger partial charge in [0.05, 0.1) is 0 Å². The second kappa shape index (κ2) is 9.62. The smallest absolute Gasteiger partial charge is 0.319 e. The van der Waals surface area contributed by atoms with Gasteiger partial charge in [-0.3, -0.25) is 4.79 Å². The number of carbonyl (C=O) groups is 2. The van der Waals surface area contributed by atoms with Crippen LogP contribution in [0.2, 0.25) is 0 Å². The normalized spacial score (nSPS) is 14.8. The molecule has 178 valence electrons. The van der Waals surface area contributed by atoms with E-state index in [0.29, 0.717) is 18.7 Å². The fraction of sp³-hybridized carbons (Fsp3) is 0.214. The molecule has 0 bridgehead atoms. The van der Waals surface area contributed by atoms with Crippen LogP contribution in [0.3, 0.4) is 0 Å². The van der Waals surface area contributed by atoms with Crippen LogP contribution in [0.4, 0.5) is 14.9 Å². The molecule has 4 aromatic rings. The largest absolute Gasteiger partial charge is 0.361 e. The van der Waals surface area contributed by atoms with E-state index < -0.39 is 12.1 Å². The first-order chi connectivity index (χ1) is 17.0. The number of aromatic amines is 1.